The van der Waals surface area contributed by atoms with E-state index < -0.39 is 14.4 Å². The molecule has 1 heterocycles. The molecule has 1 aliphatic rings. The highest BCUT2D eigenvalue weighted by molar-refractivity contribution is 9.49. The number of carbonyl (C=O) groups excluding carboxylic acids is 1. The molecule has 140 valence electrons. The first kappa shape index (κ1) is 21.0. The van der Waals surface area contributed by atoms with Gasteiger partial charge in [-0.2, -0.15) is 0 Å². The van der Waals surface area contributed by atoms with Crippen LogP contribution in [0.3, 0.4) is 0 Å². The Balaban J connectivity index is 2.24. The van der Waals surface area contributed by atoms with Crippen LogP contribution in [0.1, 0.15) is 33.3 Å². The number of carbonyl (C=O) groups is 1. The Hall–Kier alpha value is -0.343. The summed E-state index contributed by atoms with van der Waals surface area (Å²) in [6.45, 7) is 13.5. The van der Waals surface area contributed by atoms with Crippen molar-refractivity contribution in [2.45, 2.75) is 70.6 Å². The van der Waals surface area contributed by atoms with Crippen molar-refractivity contribution in [2.24, 2.45) is 0 Å². The largest absolute Gasteiger partial charge is 0.403 e. The van der Waals surface area contributed by atoms with Crippen molar-refractivity contribution >= 4 is 39.5 Å². The topological polar surface area (TPSA) is 38.8 Å². The number of nitrogens with zero attached hydrogens (tertiary/aromatic N) is 1. The average molecular weight is 446 g/mol. The molecule has 0 aliphatic carbocycles. The maximum Gasteiger partial charge on any atom is 0.253 e. The van der Waals surface area contributed by atoms with E-state index in [-0.39, 0.29) is 23.1 Å². The molecule has 1 aromatic carbocycles. The molecule has 0 aromatic heterocycles. The molecule has 1 fully saturated rings. The smallest absolute Gasteiger partial charge is 0.253 e. The Morgan fingerprint density at radius 1 is 1.24 bits per heavy atom. The Morgan fingerprint density at radius 2 is 1.84 bits per heavy atom. The Labute approximate surface area is 164 Å². The van der Waals surface area contributed by atoms with Crippen LogP contribution in [0.4, 0.5) is 0 Å². The molecule has 1 aliphatic heterocycles. The highest BCUT2D eigenvalue weighted by Crippen LogP contribution is 2.40. The van der Waals surface area contributed by atoms with Crippen molar-refractivity contribution in [3.63, 3.8) is 0 Å². The van der Waals surface area contributed by atoms with Crippen LogP contribution < -0.4 is 0 Å². The monoisotopic (exact) mass is 445 g/mol. The van der Waals surface area contributed by atoms with E-state index in [4.69, 9.17) is 8.61 Å². The van der Waals surface area contributed by atoms with Crippen molar-refractivity contribution in [1.29, 1.82) is 0 Å². The summed E-state index contributed by atoms with van der Waals surface area (Å²) in [5, 5.41) is 0.0372. The fourth-order valence-corrected chi connectivity index (χ4v) is 4.82. The molecule has 0 saturated carbocycles. The second-order valence-corrected chi connectivity index (χ2v) is 14.0. The van der Waals surface area contributed by atoms with Gasteiger partial charge < -0.3 is 9.33 Å². The summed E-state index contributed by atoms with van der Waals surface area (Å²) in [5.41, 5.74) is 1.11. The van der Waals surface area contributed by atoms with Crippen LogP contribution >= 0.6 is 25.3 Å². The SMILES string of the molecule is C[C@H]1[C@H](OSBr)[C@@H](O[Si](C)(C)C(C)(C)C)C(=O)N1Cc1ccccc1. The second-order valence-electron chi connectivity index (χ2n) is 8.11. The minimum atomic E-state index is -2.09. The molecule has 0 spiro atoms. The van der Waals surface area contributed by atoms with Gasteiger partial charge in [-0.15, -0.1) is 0 Å². The zero-order valence-electron chi connectivity index (χ0n) is 15.8. The number of halogens is 1. The van der Waals surface area contributed by atoms with Crippen LogP contribution in [0.5, 0.6) is 0 Å². The molecule has 0 N–H and O–H groups in total. The van der Waals surface area contributed by atoms with Gasteiger partial charge in [0.2, 0.25) is 0 Å². The summed E-state index contributed by atoms with van der Waals surface area (Å²) in [6, 6.07) is 10.00. The van der Waals surface area contributed by atoms with E-state index in [0.717, 1.165) is 16.0 Å². The number of likely N-dealkylation sites (tertiary alicyclic amines) is 1. The minimum Gasteiger partial charge on any atom is -0.403 e. The number of benzene rings is 1. The van der Waals surface area contributed by atoms with Crippen LogP contribution in [0.25, 0.3) is 0 Å². The van der Waals surface area contributed by atoms with E-state index >= 15 is 0 Å². The summed E-state index contributed by atoms with van der Waals surface area (Å²) in [5.74, 6) is 0.0210. The van der Waals surface area contributed by atoms with Crippen molar-refractivity contribution < 1.29 is 13.4 Å². The van der Waals surface area contributed by atoms with Crippen LogP contribution in [-0.4, -0.2) is 37.4 Å². The van der Waals surface area contributed by atoms with Crippen molar-refractivity contribution in [2.75, 3.05) is 0 Å². The van der Waals surface area contributed by atoms with Crippen LogP contribution in [0, 0.1) is 0 Å². The molecule has 1 saturated heterocycles. The fraction of sp³-hybridized carbons (Fsp3) is 0.611. The number of rotatable bonds is 6. The standard InChI is InChI=1S/C18H28BrNO3SSi/c1-13-15(22-24-19)16(23-25(5,6)18(2,3)4)17(21)20(13)12-14-10-8-7-9-11-14/h7-11,13,15-16H,12H2,1-6H3/t13-,15-,16+/m0/s1. The third kappa shape index (κ3) is 4.69. The predicted molar refractivity (Wildman–Crippen MR) is 110 cm³/mol. The van der Waals surface area contributed by atoms with Crippen molar-refractivity contribution in [3.05, 3.63) is 35.9 Å². The summed E-state index contributed by atoms with van der Waals surface area (Å²) in [4.78, 5) is 15.0. The zero-order chi connectivity index (χ0) is 18.8. The van der Waals surface area contributed by atoms with Gasteiger partial charge in [-0.1, -0.05) is 51.1 Å². The summed E-state index contributed by atoms with van der Waals surface area (Å²) >= 11 is 3.26. The van der Waals surface area contributed by atoms with E-state index in [1.54, 1.807) is 0 Å². The second kappa shape index (κ2) is 8.13. The lowest BCUT2D eigenvalue weighted by Crippen LogP contribution is -2.48. The lowest BCUT2D eigenvalue weighted by molar-refractivity contribution is -0.135. The van der Waals surface area contributed by atoms with Gasteiger partial charge >= 0.3 is 0 Å². The number of amides is 1. The van der Waals surface area contributed by atoms with Crippen molar-refractivity contribution in [3.8, 4) is 0 Å². The molecule has 0 unspecified atom stereocenters. The van der Waals surface area contributed by atoms with E-state index in [1.807, 2.05) is 42.2 Å². The Bertz CT molecular complexity index is 594. The highest BCUT2D eigenvalue weighted by atomic mass is 79.9. The van der Waals surface area contributed by atoms with Gasteiger partial charge in [0.05, 0.1) is 16.5 Å². The number of hydrogen-bond donors (Lipinski definition) is 0. The van der Waals surface area contributed by atoms with E-state index in [9.17, 15) is 4.79 Å². The van der Waals surface area contributed by atoms with Crippen LogP contribution in [0.15, 0.2) is 30.3 Å². The molecule has 0 bridgehead atoms. The molecule has 25 heavy (non-hydrogen) atoms. The first-order valence-corrected chi connectivity index (χ1v) is 14.0. The van der Waals surface area contributed by atoms with E-state index in [1.165, 1.54) is 0 Å². The van der Waals surface area contributed by atoms with Crippen LogP contribution in [0.2, 0.25) is 18.1 Å². The van der Waals surface area contributed by atoms with Gasteiger partial charge in [0.1, 0.15) is 6.10 Å². The zero-order valence-corrected chi connectivity index (χ0v) is 19.2. The maximum atomic E-state index is 13.1. The molecule has 1 aromatic rings. The average Bonchev–Trinajstić information content (AvgIpc) is 2.73. The maximum absolute atomic E-state index is 13.1. The summed E-state index contributed by atoms with van der Waals surface area (Å²) < 4.78 is 12.3. The van der Waals surface area contributed by atoms with Gasteiger partial charge in [0.25, 0.3) is 5.91 Å². The molecule has 7 heteroatoms. The Morgan fingerprint density at radius 3 is 2.36 bits per heavy atom. The molecule has 2 rings (SSSR count). The lowest BCUT2D eigenvalue weighted by atomic mass is 10.1. The van der Waals surface area contributed by atoms with E-state index in [0.29, 0.717) is 6.54 Å². The van der Waals surface area contributed by atoms with Crippen molar-refractivity contribution in [1.82, 2.24) is 4.90 Å². The molecule has 1 amide bonds. The first-order chi connectivity index (χ1) is 11.6. The van der Waals surface area contributed by atoms with E-state index in [2.05, 4.69) is 48.7 Å². The van der Waals surface area contributed by atoms with Crippen LogP contribution in [-0.2, 0) is 19.9 Å². The fourth-order valence-electron chi connectivity index (χ4n) is 2.72. The normalized spacial score (nSPS) is 24.8. The summed E-state index contributed by atoms with van der Waals surface area (Å²) in [7, 11) is -0.967. The van der Waals surface area contributed by atoms with Gasteiger partial charge in [0, 0.05) is 21.4 Å². The number of hydrogen-bond acceptors (Lipinski definition) is 4. The van der Waals surface area contributed by atoms with Gasteiger partial charge in [0.15, 0.2) is 14.4 Å². The molecular formula is C18H28BrNO3SSi. The highest BCUT2D eigenvalue weighted by Gasteiger charge is 2.52. The predicted octanol–water partition coefficient (Wildman–Crippen LogP) is 5.15. The van der Waals surface area contributed by atoms with Gasteiger partial charge in [-0.25, -0.2) is 0 Å². The first-order valence-electron chi connectivity index (χ1n) is 8.55. The Kier molecular flexibility index (Phi) is 6.81. The molecule has 3 atom stereocenters. The minimum absolute atomic E-state index is 0.0210. The molecule has 4 nitrogen and oxygen atoms in total. The summed E-state index contributed by atoms with van der Waals surface area (Å²) in [6.07, 6.45) is -0.848. The quantitative estimate of drug-likeness (QED) is 0.448. The molecule has 0 radical (unpaired) electrons. The lowest BCUT2D eigenvalue weighted by Gasteiger charge is -2.38. The van der Waals surface area contributed by atoms with Gasteiger partial charge in [-0.3, -0.25) is 8.98 Å². The third-order valence-electron chi connectivity index (χ3n) is 5.36. The van der Waals surface area contributed by atoms with Gasteiger partial charge in [-0.05, 0) is 30.6 Å². The third-order valence-corrected chi connectivity index (χ3v) is 10.6. The molecular weight excluding hydrogens is 418 g/mol.